The number of hydrogen-bond acceptors (Lipinski definition) is 2. The number of hydrogen-bond donors (Lipinski definition) is 1. The lowest BCUT2D eigenvalue weighted by molar-refractivity contribution is -0.141. The number of carboxylic acids is 1. The Morgan fingerprint density at radius 1 is 1.17 bits per heavy atom. The highest BCUT2D eigenvalue weighted by atomic mass is 16.5. The van der Waals surface area contributed by atoms with E-state index < -0.39 is 5.97 Å². The fourth-order valence-electron chi connectivity index (χ4n) is 2.99. The number of allylic oxidation sites excluding steroid dienone is 1. The average Bonchev–Trinajstić information content (AvgIpc) is 3.36. The van der Waals surface area contributed by atoms with E-state index in [9.17, 15) is 4.79 Å². The van der Waals surface area contributed by atoms with E-state index in [1.54, 1.807) is 0 Å². The maximum absolute atomic E-state index is 11.0. The molecule has 1 aliphatic rings. The van der Waals surface area contributed by atoms with E-state index in [1.807, 2.05) is 61.5 Å². The molecule has 3 rings (SSSR count). The van der Waals surface area contributed by atoms with Crippen molar-refractivity contribution < 1.29 is 14.6 Å². The lowest BCUT2D eigenvalue weighted by Gasteiger charge is -2.05. The molecule has 0 aromatic heterocycles. The molecule has 2 aromatic rings. The van der Waals surface area contributed by atoms with Crippen LogP contribution >= 0.6 is 0 Å². The van der Waals surface area contributed by atoms with E-state index in [4.69, 9.17) is 9.84 Å². The molecule has 0 aliphatic heterocycles. The van der Waals surface area contributed by atoms with Crippen molar-refractivity contribution in [2.75, 3.05) is 0 Å². The first-order chi connectivity index (χ1) is 11.6. The first-order valence-electron chi connectivity index (χ1n) is 8.36. The summed E-state index contributed by atoms with van der Waals surface area (Å²) in [5.41, 5.74) is 1.12. The van der Waals surface area contributed by atoms with Gasteiger partial charge >= 0.3 is 5.97 Å². The minimum absolute atomic E-state index is 0.224. The summed E-state index contributed by atoms with van der Waals surface area (Å²) in [6, 6.07) is 17.7. The second-order valence-corrected chi connectivity index (χ2v) is 6.41. The average molecular weight is 322 g/mol. The Bertz CT molecular complexity index is 704. The highest BCUT2D eigenvalue weighted by molar-refractivity contribution is 5.70. The Kier molecular flexibility index (Phi) is 4.99. The maximum Gasteiger partial charge on any atom is 0.306 e. The number of carbonyl (C=O) groups is 1. The van der Waals surface area contributed by atoms with E-state index in [1.165, 1.54) is 0 Å². The van der Waals surface area contributed by atoms with Crippen LogP contribution in [0, 0.1) is 17.8 Å². The molecule has 1 N–H and O–H groups in total. The fraction of sp³-hybridized carbons (Fsp3) is 0.286. The lowest BCUT2D eigenvalue weighted by atomic mass is 10.0. The van der Waals surface area contributed by atoms with Gasteiger partial charge in [0, 0.05) is 0 Å². The largest absolute Gasteiger partial charge is 0.481 e. The number of rotatable bonds is 7. The molecule has 124 valence electrons. The quantitative estimate of drug-likeness (QED) is 0.758. The van der Waals surface area contributed by atoms with Gasteiger partial charge in [-0.1, -0.05) is 49.4 Å². The molecule has 3 unspecified atom stereocenters. The summed E-state index contributed by atoms with van der Waals surface area (Å²) < 4.78 is 5.77. The summed E-state index contributed by atoms with van der Waals surface area (Å²) in [6.45, 7) is 1.81. The molecule has 1 saturated carbocycles. The first kappa shape index (κ1) is 16.3. The number of carboxylic acid groups (broad SMARTS) is 1. The topological polar surface area (TPSA) is 46.5 Å². The highest BCUT2D eigenvalue weighted by Crippen LogP contribution is 2.46. The molecule has 1 aliphatic carbocycles. The summed E-state index contributed by atoms with van der Waals surface area (Å²) >= 11 is 0. The SMILES string of the molecule is CC(C(=O)O)C1CC1CC=Cc1ccc(Oc2ccccc2)cc1. The predicted octanol–water partition coefficient (Wildman–Crippen LogP) is 5.24. The van der Waals surface area contributed by atoms with Gasteiger partial charge in [-0.05, 0) is 54.5 Å². The van der Waals surface area contributed by atoms with Gasteiger partial charge < -0.3 is 9.84 Å². The van der Waals surface area contributed by atoms with Crippen LogP contribution < -0.4 is 4.74 Å². The smallest absolute Gasteiger partial charge is 0.306 e. The zero-order chi connectivity index (χ0) is 16.9. The van der Waals surface area contributed by atoms with Gasteiger partial charge in [0.2, 0.25) is 0 Å². The van der Waals surface area contributed by atoms with Crippen LogP contribution in [0.2, 0.25) is 0 Å². The molecule has 0 saturated heterocycles. The second kappa shape index (κ2) is 7.35. The number of para-hydroxylation sites is 1. The van der Waals surface area contributed by atoms with E-state index >= 15 is 0 Å². The molecule has 3 atom stereocenters. The molecule has 1 fully saturated rings. The van der Waals surface area contributed by atoms with Gasteiger partial charge in [0.15, 0.2) is 0 Å². The molecule has 0 heterocycles. The summed E-state index contributed by atoms with van der Waals surface area (Å²) in [6.07, 6.45) is 6.21. The van der Waals surface area contributed by atoms with Crippen LogP contribution in [-0.4, -0.2) is 11.1 Å². The van der Waals surface area contributed by atoms with E-state index in [2.05, 4.69) is 12.2 Å². The van der Waals surface area contributed by atoms with E-state index in [0.717, 1.165) is 29.9 Å². The standard InChI is InChI=1S/C21H22O3/c1-15(21(22)23)20-14-17(20)7-5-6-16-10-12-19(13-11-16)24-18-8-3-2-4-9-18/h2-6,8-13,15,17,20H,7,14H2,1H3,(H,22,23). The van der Waals surface area contributed by atoms with Crippen molar-refractivity contribution in [1.82, 2.24) is 0 Å². The summed E-state index contributed by atoms with van der Waals surface area (Å²) in [5.74, 6) is 1.60. The van der Waals surface area contributed by atoms with Crippen molar-refractivity contribution in [1.29, 1.82) is 0 Å². The van der Waals surface area contributed by atoms with Gasteiger partial charge in [-0.25, -0.2) is 0 Å². The molecule has 0 spiro atoms. The summed E-state index contributed by atoms with van der Waals surface area (Å²) in [7, 11) is 0. The molecule has 0 bridgehead atoms. The molecular formula is C21H22O3. The Morgan fingerprint density at radius 3 is 2.50 bits per heavy atom. The second-order valence-electron chi connectivity index (χ2n) is 6.41. The van der Waals surface area contributed by atoms with Crippen LogP contribution in [0.25, 0.3) is 6.08 Å². The zero-order valence-electron chi connectivity index (χ0n) is 13.8. The Hall–Kier alpha value is -2.55. The molecular weight excluding hydrogens is 300 g/mol. The van der Waals surface area contributed by atoms with Crippen LogP contribution in [0.3, 0.4) is 0 Å². The Morgan fingerprint density at radius 2 is 1.83 bits per heavy atom. The van der Waals surface area contributed by atoms with Gasteiger partial charge in [0.25, 0.3) is 0 Å². The fourth-order valence-corrected chi connectivity index (χ4v) is 2.99. The van der Waals surface area contributed by atoms with Crippen molar-refractivity contribution >= 4 is 12.0 Å². The Balaban J connectivity index is 1.49. The number of aliphatic carboxylic acids is 1. The third-order valence-electron chi connectivity index (χ3n) is 4.62. The van der Waals surface area contributed by atoms with Gasteiger partial charge in [-0.3, -0.25) is 4.79 Å². The van der Waals surface area contributed by atoms with E-state index in [0.29, 0.717) is 11.8 Å². The predicted molar refractivity (Wildman–Crippen MR) is 95.0 cm³/mol. The molecule has 2 aromatic carbocycles. The maximum atomic E-state index is 11.0. The minimum Gasteiger partial charge on any atom is -0.481 e. The molecule has 24 heavy (non-hydrogen) atoms. The minimum atomic E-state index is -0.680. The van der Waals surface area contributed by atoms with Crippen molar-refractivity contribution in [2.24, 2.45) is 17.8 Å². The van der Waals surface area contributed by atoms with E-state index in [-0.39, 0.29) is 5.92 Å². The van der Waals surface area contributed by atoms with Crippen LogP contribution in [0.1, 0.15) is 25.3 Å². The molecule has 0 amide bonds. The van der Waals surface area contributed by atoms with Gasteiger partial charge in [0.05, 0.1) is 5.92 Å². The van der Waals surface area contributed by atoms with Crippen LogP contribution in [-0.2, 0) is 4.79 Å². The van der Waals surface area contributed by atoms with Gasteiger partial charge in [0.1, 0.15) is 11.5 Å². The van der Waals surface area contributed by atoms with Gasteiger partial charge in [-0.15, -0.1) is 0 Å². The lowest BCUT2D eigenvalue weighted by Crippen LogP contribution is -2.12. The summed E-state index contributed by atoms with van der Waals surface area (Å²) in [5, 5.41) is 9.02. The van der Waals surface area contributed by atoms with Crippen LogP contribution in [0.15, 0.2) is 60.7 Å². The molecule has 3 nitrogen and oxygen atoms in total. The van der Waals surface area contributed by atoms with Crippen molar-refractivity contribution in [3.8, 4) is 11.5 Å². The van der Waals surface area contributed by atoms with Crippen molar-refractivity contribution in [3.05, 3.63) is 66.2 Å². The van der Waals surface area contributed by atoms with Crippen molar-refractivity contribution in [3.63, 3.8) is 0 Å². The third kappa shape index (κ3) is 4.25. The monoisotopic (exact) mass is 322 g/mol. The number of benzene rings is 2. The van der Waals surface area contributed by atoms with Crippen molar-refractivity contribution in [2.45, 2.75) is 19.8 Å². The Labute approximate surface area is 142 Å². The normalized spacial score (nSPS) is 20.7. The molecule has 3 heteroatoms. The third-order valence-corrected chi connectivity index (χ3v) is 4.62. The zero-order valence-corrected chi connectivity index (χ0v) is 13.8. The first-order valence-corrected chi connectivity index (χ1v) is 8.36. The molecule has 0 radical (unpaired) electrons. The number of ether oxygens (including phenoxy) is 1. The summed E-state index contributed by atoms with van der Waals surface area (Å²) in [4.78, 5) is 11.0. The van der Waals surface area contributed by atoms with Crippen LogP contribution in [0.4, 0.5) is 0 Å². The van der Waals surface area contributed by atoms with Gasteiger partial charge in [-0.2, -0.15) is 0 Å². The highest BCUT2D eigenvalue weighted by Gasteiger charge is 2.42. The van der Waals surface area contributed by atoms with Crippen LogP contribution in [0.5, 0.6) is 11.5 Å².